The molecule has 0 aliphatic heterocycles. The lowest BCUT2D eigenvalue weighted by atomic mass is 10.3. The number of alkyl halides is 3. The van der Waals surface area contributed by atoms with Crippen molar-refractivity contribution in [3.63, 3.8) is 0 Å². The van der Waals surface area contributed by atoms with E-state index in [0.29, 0.717) is 30.2 Å². The molecule has 0 aliphatic carbocycles. The van der Waals surface area contributed by atoms with Gasteiger partial charge in [0.05, 0.1) is 24.5 Å². The number of hydrogen-bond acceptors (Lipinski definition) is 4. The van der Waals surface area contributed by atoms with Gasteiger partial charge in [0.25, 0.3) is 0 Å². The maximum absolute atomic E-state index is 12.1. The largest absolute Gasteiger partial charge is 0.389 e. The van der Waals surface area contributed by atoms with E-state index in [2.05, 4.69) is 10.1 Å². The molecule has 0 atom stereocenters. The summed E-state index contributed by atoms with van der Waals surface area (Å²) in [6.45, 7) is 2.38. The zero-order valence-electron chi connectivity index (χ0n) is 14.1. The summed E-state index contributed by atoms with van der Waals surface area (Å²) in [6, 6.07) is 3.61. The number of amidine groups is 1. The van der Waals surface area contributed by atoms with Crippen molar-refractivity contribution < 1.29 is 13.2 Å². The predicted octanol–water partition coefficient (Wildman–Crippen LogP) is 4.80. The van der Waals surface area contributed by atoms with Crippen molar-refractivity contribution >= 4 is 34.9 Å². The lowest BCUT2D eigenvalue weighted by Gasteiger charge is -2.22. The Kier molecular flexibility index (Phi) is 7.33. The number of hydrogen-bond donors (Lipinski definition) is 1. The molecule has 0 amide bonds. The lowest BCUT2D eigenvalue weighted by Crippen LogP contribution is -2.30. The SMILES string of the molecule is CCN(C(=N)CCSCCC(F)(F)F)c1cn(-c2cccnc2)nc1Cl. The zero-order chi connectivity index (χ0) is 19.2. The van der Waals surface area contributed by atoms with Gasteiger partial charge in [-0.25, -0.2) is 4.68 Å². The van der Waals surface area contributed by atoms with Crippen molar-refractivity contribution in [2.24, 2.45) is 0 Å². The van der Waals surface area contributed by atoms with E-state index in [-0.39, 0.29) is 10.9 Å². The summed E-state index contributed by atoms with van der Waals surface area (Å²) >= 11 is 7.41. The first-order chi connectivity index (χ1) is 12.3. The van der Waals surface area contributed by atoms with Crippen LogP contribution in [0.4, 0.5) is 18.9 Å². The molecule has 1 N–H and O–H groups in total. The van der Waals surface area contributed by atoms with Crippen LogP contribution in [0, 0.1) is 5.41 Å². The summed E-state index contributed by atoms with van der Waals surface area (Å²) in [5.74, 6) is 0.738. The molecule has 0 aliphatic rings. The van der Waals surface area contributed by atoms with Crippen molar-refractivity contribution in [1.29, 1.82) is 5.41 Å². The van der Waals surface area contributed by atoms with Gasteiger partial charge in [-0.15, -0.1) is 0 Å². The van der Waals surface area contributed by atoms with Gasteiger partial charge in [-0.1, -0.05) is 11.6 Å². The van der Waals surface area contributed by atoms with Crippen LogP contribution in [0.1, 0.15) is 19.8 Å². The first-order valence-corrected chi connectivity index (χ1v) is 9.50. The van der Waals surface area contributed by atoms with Crippen LogP contribution in [0.3, 0.4) is 0 Å². The summed E-state index contributed by atoms with van der Waals surface area (Å²) in [5.41, 5.74) is 1.33. The molecule has 2 aromatic rings. The molecule has 5 nitrogen and oxygen atoms in total. The number of nitrogens with zero attached hydrogens (tertiary/aromatic N) is 4. The normalized spacial score (nSPS) is 11.6. The smallest absolute Gasteiger partial charge is 0.327 e. The Morgan fingerprint density at radius 2 is 2.15 bits per heavy atom. The average Bonchev–Trinajstić information content (AvgIpc) is 2.97. The first-order valence-electron chi connectivity index (χ1n) is 7.97. The third kappa shape index (κ3) is 5.91. The fourth-order valence-corrected chi connectivity index (χ4v) is 3.40. The van der Waals surface area contributed by atoms with Gasteiger partial charge in [0.2, 0.25) is 0 Å². The molecule has 0 radical (unpaired) electrons. The Labute approximate surface area is 159 Å². The van der Waals surface area contributed by atoms with E-state index in [1.807, 2.05) is 13.0 Å². The molecular weight excluding hydrogens is 387 g/mol. The Balaban J connectivity index is 1.97. The minimum atomic E-state index is -4.13. The van der Waals surface area contributed by atoms with Crippen molar-refractivity contribution in [2.45, 2.75) is 25.9 Å². The molecule has 26 heavy (non-hydrogen) atoms. The van der Waals surface area contributed by atoms with Crippen LogP contribution in [0.5, 0.6) is 0 Å². The Morgan fingerprint density at radius 3 is 2.77 bits per heavy atom. The molecule has 0 saturated heterocycles. The highest BCUT2D eigenvalue weighted by molar-refractivity contribution is 7.99. The topological polar surface area (TPSA) is 57.8 Å². The van der Waals surface area contributed by atoms with Gasteiger partial charge in [0, 0.05) is 30.7 Å². The lowest BCUT2D eigenvalue weighted by molar-refractivity contribution is -0.129. The summed E-state index contributed by atoms with van der Waals surface area (Å²) in [7, 11) is 0. The van der Waals surface area contributed by atoms with E-state index >= 15 is 0 Å². The summed E-state index contributed by atoms with van der Waals surface area (Å²) in [4.78, 5) is 5.73. The molecule has 0 spiro atoms. The van der Waals surface area contributed by atoms with Crippen molar-refractivity contribution in [3.8, 4) is 5.69 Å². The van der Waals surface area contributed by atoms with Crippen LogP contribution in [-0.4, -0.2) is 44.8 Å². The molecule has 2 heterocycles. The number of halogens is 4. The van der Waals surface area contributed by atoms with E-state index in [0.717, 1.165) is 5.69 Å². The van der Waals surface area contributed by atoms with Gasteiger partial charge >= 0.3 is 6.18 Å². The van der Waals surface area contributed by atoms with Crippen molar-refractivity contribution in [1.82, 2.24) is 14.8 Å². The minimum absolute atomic E-state index is 0.00258. The Morgan fingerprint density at radius 1 is 1.38 bits per heavy atom. The van der Waals surface area contributed by atoms with E-state index in [1.165, 1.54) is 11.8 Å². The van der Waals surface area contributed by atoms with Crippen LogP contribution in [-0.2, 0) is 0 Å². The van der Waals surface area contributed by atoms with Gasteiger partial charge in [-0.3, -0.25) is 10.4 Å². The highest BCUT2D eigenvalue weighted by atomic mass is 35.5. The molecule has 142 valence electrons. The molecule has 0 saturated carbocycles. The third-order valence-electron chi connectivity index (χ3n) is 3.51. The van der Waals surface area contributed by atoms with Crippen molar-refractivity contribution in [2.75, 3.05) is 23.0 Å². The number of anilines is 1. The van der Waals surface area contributed by atoms with E-state index in [1.54, 1.807) is 34.2 Å². The quantitative estimate of drug-likeness (QED) is 0.389. The van der Waals surface area contributed by atoms with E-state index in [4.69, 9.17) is 17.0 Å². The second kappa shape index (κ2) is 9.27. The monoisotopic (exact) mass is 405 g/mol. The molecule has 2 rings (SSSR count). The number of rotatable bonds is 8. The third-order valence-corrected chi connectivity index (χ3v) is 4.76. The zero-order valence-corrected chi connectivity index (χ0v) is 15.7. The van der Waals surface area contributed by atoms with E-state index in [9.17, 15) is 13.2 Å². The van der Waals surface area contributed by atoms with Gasteiger partial charge in [-0.2, -0.15) is 30.0 Å². The van der Waals surface area contributed by atoms with Crippen LogP contribution in [0.15, 0.2) is 30.7 Å². The second-order valence-electron chi connectivity index (χ2n) is 5.38. The maximum Gasteiger partial charge on any atom is 0.389 e. The van der Waals surface area contributed by atoms with Gasteiger partial charge in [0.15, 0.2) is 5.15 Å². The first kappa shape index (κ1) is 20.6. The van der Waals surface area contributed by atoms with Crippen LogP contribution in [0.2, 0.25) is 5.15 Å². The van der Waals surface area contributed by atoms with Crippen LogP contribution >= 0.6 is 23.4 Å². The Hall–Kier alpha value is -1.74. The Bertz CT molecular complexity index is 720. The fraction of sp³-hybridized carbons (Fsp3) is 0.438. The predicted molar refractivity (Wildman–Crippen MR) is 99.7 cm³/mol. The van der Waals surface area contributed by atoms with Gasteiger partial charge in [0.1, 0.15) is 11.5 Å². The summed E-state index contributed by atoms with van der Waals surface area (Å²) < 4.78 is 38.0. The standard InChI is InChI=1S/C16H19ClF3N5S/c1-2-24(14(21)5-8-26-9-6-16(18,19)20)13-11-25(23-15(13)17)12-4-3-7-22-10-12/h3-4,7,10-11,21H,2,5-6,8-9H2,1H3. The second-order valence-corrected chi connectivity index (χ2v) is 6.96. The molecule has 10 heteroatoms. The number of nitrogens with one attached hydrogen (secondary N) is 1. The van der Waals surface area contributed by atoms with E-state index < -0.39 is 12.6 Å². The molecular formula is C16H19ClF3N5S. The number of thioether (sulfide) groups is 1. The highest BCUT2D eigenvalue weighted by Crippen LogP contribution is 2.27. The molecule has 0 aromatic carbocycles. The molecule has 2 aromatic heterocycles. The summed E-state index contributed by atoms with van der Waals surface area (Å²) in [5, 5.41) is 12.7. The average molecular weight is 406 g/mol. The maximum atomic E-state index is 12.1. The number of pyridine rings is 1. The molecule has 0 fully saturated rings. The van der Waals surface area contributed by atoms with Crippen molar-refractivity contribution in [3.05, 3.63) is 35.9 Å². The molecule has 0 bridgehead atoms. The van der Waals surface area contributed by atoms with Gasteiger partial charge in [-0.05, 0) is 19.1 Å². The molecule has 0 unspecified atom stereocenters. The minimum Gasteiger partial charge on any atom is -0.327 e. The highest BCUT2D eigenvalue weighted by Gasteiger charge is 2.26. The summed E-state index contributed by atoms with van der Waals surface area (Å²) in [6.07, 6.45) is 0.418. The van der Waals surface area contributed by atoms with Crippen LogP contribution in [0.25, 0.3) is 5.69 Å². The fourth-order valence-electron chi connectivity index (χ4n) is 2.25. The van der Waals surface area contributed by atoms with Gasteiger partial charge < -0.3 is 4.90 Å². The van der Waals surface area contributed by atoms with Crippen LogP contribution < -0.4 is 4.90 Å². The number of aromatic nitrogens is 3.